The van der Waals surface area contributed by atoms with Crippen molar-refractivity contribution in [2.75, 3.05) is 0 Å². The Balaban J connectivity index is 1.99. The molecule has 0 saturated heterocycles. The predicted molar refractivity (Wildman–Crippen MR) is 91.9 cm³/mol. The third kappa shape index (κ3) is 3.82. The summed E-state index contributed by atoms with van der Waals surface area (Å²) in [5.41, 5.74) is 12.6. The second-order valence-electron chi connectivity index (χ2n) is 8.27. The minimum Gasteiger partial charge on any atom is -0.327 e. The van der Waals surface area contributed by atoms with Crippen LogP contribution in [0.5, 0.6) is 0 Å². The SMILES string of the molecule is CCCC1C(CC2CCC(N)[C@H](C)[C@@H]2C)CCC(N)[C@H]1C. The molecule has 0 amide bonds. The Morgan fingerprint density at radius 1 is 0.762 bits per heavy atom. The minimum atomic E-state index is 0.432. The van der Waals surface area contributed by atoms with Crippen LogP contribution in [0.2, 0.25) is 0 Å². The summed E-state index contributed by atoms with van der Waals surface area (Å²) in [4.78, 5) is 0. The number of hydrogen-bond acceptors (Lipinski definition) is 2. The molecular formula is C19H38N2. The summed E-state index contributed by atoms with van der Waals surface area (Å²) in [5, 5.41) is 0. The first-order valence-electron chi connectivity index (χ1n) is 9.46. The van der Waals surface area contributed by atoms with Gasteiger partial charge in [0.25, 0.3) is 0 Å². The second-order valence-corrected chi connectivity index (χ2v) is 8.27. The van der Waals surface area contributed by atoms with E-state index in [4.69, 9.17) is 11.5 Å². The molecular weight excluding hydrogens is 256 g/mol. The minimum absolute atomic E-state index is 0.432. The third-order valence-corrected chi connectivity index (χ3v) is 7.17. The summed E-state index contributed by atoms with van der Waals surface area (Å²) in [6.45, 7) is 9.54. The van der Waals surface area contributed by atoms with E-state index in [-0.39, 0.29) is 0 Å². The van der Waals surface area contributed by atoms with Gasteiger partial charge in [-0.05, 0) is 67.6 Å². The van der Waals surface area contributed by atoms with E-state index in [0.29, 0.717) is 23.9 Å². The normalized spacial score (nSPS) is 48.3. The van der Waals surface area contributed by atoms with Crippen LogP contribution in [0, 0.1) is 35.5 Å². The van der Waals surface area contributed by atoms with E-state index in [9.17, 15) is 0 Å². The Labute approximate surface area is 132 Å². The molecule has 8 atom stereocenters. The van der Waals surface area contributed by atoms with Gasteiger partial charge in [-0.3, -0.25) is 0 Å². The molecule has 0 radical (unpaired) electrons. The zero-order valence-corrected chi connectivity index (χ0v) is 14.7. The predicted octanol–water partition coefficient (Wildman–Crippen LogP) is 4.18. The largest absolute Gasteiger partial charge is 0.327 e. The fraction of sp³-hybridized carbons (Fsp3) is 1.00. The van der Waals surface area contributed by atoms with Crippen LogP contribution >= 0.6 is 0 Å². The molecule has 5 unspecified atom stereocenters. The lowest BCUT2D eigenvalue weighted by Gasteiger charge is -2.45. The first kappa shape index (κ1) is 17.3. The summed E-state index contributed by atoms with van der Waals surface area (Å²) in [6, 6.07) is 0.871. The Morgan fingerprint density at radius 2 is 1.33 bits per heavy atom. The number of hydrogen-bond donors (Lipinski definition) is 2. The molecule has 2 saturated carbocycles. The highest BCUT2D eigenvalue weighted by molar-refractivity contribution is 4.91. The van der Waals surface area contributed by atoms with E-state index in [1.165, 1.54) is 44.9 Å². The Kier molecular flexibility index (Phi) is 6.14. The summed E-state index contributed by atoms with van der Waals surface area (Å²) in [6.07, 6.45) is 9.29. The van der Waals surface area contributed by atoms with Crippen molar-refractivity contribution in [3.05, 3.63) is 0 Å². The lowest BCUT2D eigenvalue weighted by molar-refractivity contribution is 0.0704. The smallest absolute Gasteiger partial charge is 0.00673 e. The average molecular weight is 295 g/mol. The van der Waals surface area contributed by atoms with Gasteiger partial charge in [0.2, 0.25) is 0 Å². The second kappa shape index (κ2) is 7.46. The molecule has 21 heavy (non-hydrogen) atoms. The number of rotatable bonds is 4. The van der Waals surface area contributed by atoms with Crippen LogP contribution < -0.4 is 11.5 Å². The standard InChI is InChI=1S/C19H38N2/c1-5-6-17-14(4)19(21)10-8-16(17)11-15-7-9-18(20)13(3)12(15)2/h12-19H,5-11,20-21H2,1-4H3/t12-,13+,14-,15?,16?,17?,18?,19?/m0/s1. The van der Waals surface area contributed by atoms with Crippen LogP contribution in [-0.4, -0.2) is 12.1 Å². The molecule has 2 fully saturated rings. The fourth-order valence-corrected chi connectivity index (χ4v) is 5.23. The maximum atomic E-state index is 6.35. The molecule has 0 spiro atoms. The third-order valence-electron chi connectivity index (χ3n) is 7.17. The Morgan fingerprint density at radius 3 is 1.95 bits per heavy atom. The average Bonchev–Trinajstić information content (AvgIpc) is 2.47. The molecule has 0 heterocycles. The van der Waals surface area contributed by atoms with E-state index in [1.807, 2.05) is 0 Å². The quantitative estimate of drug-likeness (QED) is 0.817. The summed E-state index contributed by atoms with van der Waals surface area (Å²) >= 11 is 0. The summed E-state index contributed by atoms with van der Waals surface area (Å²) < 4.78 is 0. The van der Waals surface area contributed by atoms with E-state index in [1.54, 1.807) is 0 Å². The Hall–Kier alpha value is -0.0800. The van der Waals surface area contributed by atoms with Crippen LogP contribution in [0.25, 0.3) is 0 Å². The van der Waals surface area contributed by atoms with Gasteiger partial charge in [-0.1, -0.05) is 40.5 Å². The van der Waals surface area contributed by atoms with Crippen molar-refractivity contribution in [3.63, 3.8) is 0 Å². The zero-order chi connectivity index (χ0) is 15.6. The highest BCUT2D eigenvalue weighted by atomic mass is 14.7. The summed E-state index contributed by atoms with van der Waals surface area (Å²) in [5.74, 6) is 4.86. The first-order chi connectivity index (χ1) is 9.95. The van der Waals surface area contributed by atoms with Gasteiger partial charge in [-0.15, -0.1) is 0 Å². The highest BCUT2D eigenvalue weighted by Crippen LogP contribution is 2.44. The molecule has 0 aromatic rings. The van der Waals surface area contributed by atoms with E-state index in [0.717, 1.165) is 23.7 Å². The van der Waals surface area contributed by atoms with Crippen LogP contribution in [0.3, 0.4) is 0 Å². The van der Waals surface area contributed by atoms with Gasteiger partial charge in [0.05, 0.1) is 0 Å². The van der Waals surface area contributed by atoms with Crippen molar-refractivity contribution in [1.29, 1.82) is 0 Å². The topological polar surface area (TPSA) is 52.0 Å². The van der Waals surface area contributed by atoms with Gasteiger partial charge >= 0.3 is 0 Å². The molecule has 2 nitrogen and oxygen atoms in total. The van der Waals surface area contributed by atoms with Gasteiger partial charge in [0, 0.05) is 12.1 Å². The molecule has 0 aliphatic heterocycles. The number of nitrogens with two attached hydrogens (primary N) is 2. The lowest BCUT2D eigenvalue weighted by Crippen LogP contribution is -2.44. The molecule has 2 heteroatoms. The maximum absolute atomic E-state index is 6.35. The maximum Gasteiger partial charge on any atom is 0.00673 e. The monoisotopic (exact) mass is 294 g/mol. The van der Waals surface area contributed by atoms with Crippen molar-refractivity contribution < 1.29 is 0 Å². The van der Waals surface area contributed by atoms with Crippen molar-refractivity contribution in [2.24, 2.45) is 47.0 Å². The molecule has 4 N–H and O–H groups in total. The van der Waals surface area contributed by atoms with Crippen molar-refractivity contribution in [1.82, 2.24) is 0 Å². The van der Waals surface area contributed by atoms with Crippen molar-refractivity contribution in [3.8, 4) is 0 Å². The Bertz CT molecular complexity index is 317. The van der Waals surface area contributed by atoms with Gasteiger partial charge in [0.15, 0.2) is 0 Å². The van der Waals surface area contributed by atoms with Crippen molar-refractivity contribution in [2.45, 2.75) is 84.7 Å². The van der Waals surface area contributed by atoms with Gasteiger partial charge in [0.1, 0.15) is 0 Å². The van der Waals surface area contributed by atoms with Crippen molar-refractivity contribution >= 4 is 0 Å². The van der Waals surface area contributed by atoms with Crippen LogP contribution in [0.4, 0.5) is 0 Å². The fourth-order valence-electron chi connectivity index (χ4n) is 5.23. The van der Waals surface area contributed by atoms with Gasteiger partial charge < -0.3 is 11.5 Å². The molecule has 0 bridgehead atoms. The van der Waals surface area contributed by atoms with Gasteiger partial charge in [-0.2, -0.15) is 0 Å². The van der Waals surface area contributed by atoms with Gasteiger partial charge in [-0.25, -0.2) is 0 Å². The highest BCUT2D eigenvalue weighted by Gasteiger charge is 2.38. The first-order valence-corrected chi connectivity index (χ1v) is 9.46. The molecule has 0 aromatic heterocycles. The van der Waals surface area contributed by atoms with E-state index >= 15 is 0 Å². The molecule has 0 aromatic carbocycles. The molecule has 124 valence electrons. The molecule has 2 aliphatic rings. The van der Waals surface area contributed by atoms with Crippen LogP contribution in [0.15, 0.2) is 0 Å². The van der Waals surface area contributed by atoms with Crippen LogP contribution in [-0.2, 0) is 0 Å². The summed E-state index contributed by atoms with van der Waals surface area (Å²) in [7, 11) is 0. The zero-order valence-electron chi connectivity index (χ0n) is 14.7. The van der Waals surface area contributed by atoms with Crippen LogP contribution in [0.1, 0.15) is 72.6 Å². The lowest BCUT2D eigenvalue weighted by atomic mass is 9.62. The molecule has 2 aliphatic carbocycles. The van der Waals surface area contributed by atoms with E-state index < -0.39 is 0 Å². The molecule has 2 rings (SSSR count). The van der Waals surface area contributed by atoms with E-state index in [2.05, 4.69) is 27.7 Å².